The SMILES string of the molecule is Fc1ccc(Nc2ccnc(NCCCc3ccccc3)n2)cc1Cl. The maximum absolute atomic E-state index is 13.2. The van der Waals surface area contributed by atoms with Crippen LogP contribution in [0.5, 0.6) is 0 Å². The fourth-order valence-corrected chi connectivity index (χ4v) is 2.55. The molecule has 0 bridgehead atoms. The Labute approximate surface area is 151 Å². The number of anilines is 3. The van der Waals surface area contributed by atoms with E-state index in [1.165, 1.54) is 17.7 Å². The summed E-state index contributed by atoms with van der Waals surface area (Å²) in [6.07, 6.45) is 3.65. The highest BCUT2D eigenvalue weighted by Gasteiger charge is 2.03. The molecule has 128 valence electrons. The summed E-state index contributed by atoms with van der Waals surface area (Å²) in [5.41, 5.74) is 1.98. The molecule has 2 N–H and O–H groups in total. The first-order chi connectivity index (χ1) is 12.2. The first-order valence-electron chi connectivity index (χ1n) is 8.03. The number of rotatable bonds is 7. The topological polar surface area (TPSA) is 49.8 Å². The predicted octanol–water partition coefficient (Wildman–Crippen LogP) is 5.06. The minimum absolute atomic E-state index is 0.0679. The Kier molecular flexibility index (Phi) is 5.80. The number of nitrogens with one attached hydrogen (secondary N) is 2. The molecule has 0 aliphatic rings. The normalized spacial score (nSPS) is 10.5. The van der Waals surface area contributed by atoms with Gasteiger partial charge in [-0.15, -0.1) is 0 Å². The maximum atomic E-state index is 13.2. The number of hydrogen-bond acceptors (Lipinski definition) is 4. The number of halogens is 2. The van der Waals surface area contributed by atoms with Crippen LogP contribution in [-0.2, 0) is 6.42 Å². The van der Waals surface area contributed by atoms with E-state index in [0.29, 0.717) is 17.5 Å². The summed E-state index contributed by atoms with van der Waals surface area (Å²) in [6.45, 7) is 0.778. The summed E-state index contributed by atoms with van der Waals surface area (Å²) in [5.74, 6) is 0.713. The molecule has 25 heavy (non-hydrogen) atoms. The largest absolute Gasteiger partial charge is 0.354 e. The fraction of sp³-hybridized carbons (Fsp3) is 0.158. The average Bonchev–Trinajstić information content (AvgIpc) is 2.63. The molecule has 0 radical (unpaired) electrons. The van der Waals surface area contributed by atoms with Gasteiger partial charge in [0, 0.05) is 18.4 Å². The van der Waals surface area contributed by atoms with Crippen LogP contribution in [0.3, 0.4) is 0 Å². The van der Waals surface area contributed by atoms with Crippen molar-refractivity contribution in [3.8, 4) is 0 Å². The Morgan fingerprint density at radius 2 is 1.88 bits per heavy atom. The van der Waals surface area contributed by atoms with Gasteiger partial charge in [0.05, 0.1) is 5.02 Å². The minimum atomic E-state index is -0.448. The molecular formula is C19H18ClFN4. The quantitative estimate of drug-likeness (QED) is 0.581. The van der Waals surface area contributed by atoms with E-state index in [2.05, 4.69) is 32.7 Å². The molecular weight excluding hydrogens is 339 g/mol. The molecule has 0 amide bonds. The molecule has 0 unspecified atom stereocenters. The van der Waals surface area contributed by atoms with Gasteiger partial charge >= 0.3 is 0 Å². The van der Waals surface area contributed by atoms with Gasteiger partial charge < -0.3 is 10.6 Å². The van der Waals surface area contributed by atoms with Gasteiger partial charge in [0.1, 0.15) is 11.6 Å². The van der Waals surface area contributed by atoms with E-state index in [1.807, 2.05) is 18.2 Å². The lowest BCUT2D eigenvalue weighted by atomic mass is 10.1. The molecule has 0 aliphatic carbocycles. The summed E-state index contributed by atoms with van der Waals surface area (Å²) >= 11 is 5.79. The van der Waals surface area contributed by atoms with Gasteiger partial charge in [0.15, 0.2) is 0 Å². The number of aryl methyl sites for hydroxylation is 1. The predicted molar refractivity (Wildman–Crippen MR) is 100.0 cm³/mol. The number of hydrogen-bond donors (Lipinski definition) is 2. The van der Waals surface area contributed by atoms with Crippen molar-refractivity contribution in [1.29, 1.82) is 0 Å². The molecule has 3 rings (SSSR count). The standard InChI is InChI=1S/C19H18ClFN4/c20-16-13-15(8-9-17(16)21)24-18-10-12-23-19(25-18)22-11-4-7-14-5-2-1-3-6-14/h1-3,5-6,8-10,12-13H,4,7,11H2,(H2,22,23,24,25). The molecule has 4 nitrogen and oxygen atoms in total. The summed E-state index contributed by atoms with van der Waals surface area (Å²) in [5, 5.41) is 6.37. The Morgan fingerprint density at radius 1 is 1.04 bits per heavy atom. The zero-order valence-electron chi connectivity index (χ0n) is 13.5. The average molecular weight is 357 g/mol. The van der Waals surface area contributed by atoms with E-state index in [1.54, 1.807) is 18.3 Å². The fourth-order valence-electron chi connectivity index (χ4n) is 2.37. The van der Waals surface area contributed by atoms with Gasteiger partial charge in [-0.25, -0.2) is 9.37 Å². The van der Waals surface area contributed by atoms with Crippen LogP contribution < -0.4 is 10.6 Å². The lowest BCUT2D eigenvalue weighted by molar-refractivity contribution is 0.628. The third-order valence-corrected chi connectivity index (χ3v) is 3.91. The Bertz CT molecular complexity index is 827. The highest BCUT2D eigenvalue weighted by atomic mass is 35.5. The van der Waals surface area contributed by atoms with Crippen LogP contribution in [-0.4, -0.2) is 16.5 Å². The molecule has 1 aromatic heterocycles. The molecule has 6 heteroatoms. The number of aromatic nitrogens is 2. The maximum Gasteiger partial charge on any atom is 0.224 e. The van der Waals surface area contributed by atoms with Crippen molar-refractivity contribution in [2.24, 2.45) is 0 Å². The molecule has 3 aromatic rings. The third kappa shape index (κ3) is 5.16. The molecule has 0 saturated carbocycles. The van der Waals surface area contributed by atoms with Crippen LogP contribution in [0.4, 0.5) is 21.8 Å². The molecule has 1 heterocycles. The molecule has 0 spiro atoms. The molecule has 0 atom stereocenters. The van der Waals surface area contributed by atoms with Crippen LogP contribution in [0.2, 0.25) is 5.02 Å². The van der Waals surface area contributed by atoms with Gasteiger partial charge in [-0.05, 0) is 42.7 Å². The minimum Gasteiger partial charge on any atom is -0.354 e. The monoisotopic (exact) mass is 356 g/mol. The van der Waals surface area contributed by atoms with E-state index in [9.17, 15) is 4.39 Å². The van der Waals surface area contributed by atoms with Crippen molar-refractivity contribution < 1.29 is 4.39 Å². The Balaban J connectivity index is 1.53. The smallest absolute Gasteiger partial charge is 0.224 e. The van der Waals surface area contributed by atoms with E-state index in [-0.39, 0.29) is 5.02 Å². The molecule has 0 saturated heterocycles. The Hall–Kier alpha value is -2.66. The number of benzene rings is 2. The second kappa shape index (κ2) is 8.44. The molecule has 0 aliphatic heterocycles. The van der Waals surface area contributed by atoms with Crippen molar-refractivity contribution in [3.63, 3.8) is 0 Å². The van der Waals surface area contributed by atoms with Gasteiger partial charge in [0.25, 0.3) is 0 Å². The third-order valence-electron chi connectivity index (χ3n) is 3.62. The van der Waals surface area contributed by atoms with E-state index in [4.69, 9.17) is 11.6 Å². The van der Waals surface area contributed by atoms with Gasteiger partial charge in [-0.2, -0.15) is 4.98 Å². The first-order valence-corrected chi connectivity index (χ1v) is 8.41. The highest BCUT2D eigenvalue weighted by Crippen LogP contribution is 2.22. The van der Waals surface area contributed by atoms with Crippen molar-refractivity contribution in [1.82, 2.24) is 9.97 Å². The van der Waals surface area contributed by atoms with Gasteiger partial charge in [0.2, 0.25) is 5.95 Å². The van der Waals surface area contributed by atoms with Crippen LogP contribution >= 0.6 is 11.6 Å². The zero-order chi connectivity index (χ0) is 17.5. The second-order valence-electron chi connectivity index (χ2n) is 5.54. The summed E-state index contributed by atoms with van der Waals surface area (Å²) in [4.78, 5) is 8.60. The van der Waals surface area contributed by atoms with Crippen LogP contribution in [0.15, 0.2) is 60.8 Å². The van der Waals surface area contributed by atoms with Crippen molar-refractivity contribution in [3.05, 3.63) is 77.2 Å². The molecule has 2 aromatic carbocycles. The summed E-state index contributed by atoms with van der Waals surface area (Å²) in [7, 11) is 0. The van der Waals surface area contributed by atoms with Crippen molar-refractivity contribution >= 4 is 29.1 Å². The van der Waals surface area contributed by atoms with Gasteiger partial charge in [-0.3, -0.25) is 0 Å². The second-order valence-corrected chi connectivity index (χ2v) is 5.94. The van der Waals surface area contributed by atoms with Crippen LogP contribution in [0.1, 0.15) is 12.0 Å². The first kappa shape index (κ1) is 17.2. The summed E-state index contributed by atoms with van der Waals surface area (Å²) < 4.78 is 13.2. The zero-order valence-corrected chi connectivity index (χ0v) is 14.3. The van der Waals surface area contributed by atoms with Gasteiger partial charge in [-0.1, -0.05) is 41.9 Å². The lowest BCUT2D eigenvalue weighted by Gasteiger charge is -2.09. The van der Waals surface area contributed by atoms with Crippen LogP contribution in [0.25, 0.3) is 0 Å². The summed E-state index contributed by atoms with van der Waals surface area (Å²) in [6, 6.07) is 16.5. The van der Waals surface area contributed by atoms with E-state index in [0.717, 1.165) is 19.4 Å². The van der Waals surface area contributed by atoms with E-state index < -0.39 is 5.82 Å². The van der Waals surface area contributed by atoms with Crippen LogP contribution in [0, 0.1) is 5.82 Å². The highest BCUT2D eigenvalue weighted by molar-refractivity contribution is 6.31. The lowest BCUT2D eigenvalue weighted by Crippen LogP contribution is -2.07. The van der Waals surface area contributed by atoms with E-state index >= 15 is 0 Å². The van der Waals surface area contributed by atoms with Crippen molar-refractivity contribution in [2.45, 2.75) is 12.8 Å². The van der Waals surface area contributed by atoms with Crippen molar-refractivity contribution in [2.75, 3.05) is 17.2 Å². The Morgan fingerprint density at radius 3 is 2.68 bits per heavy atom. The molecule has 0 fully saturated rings. The number of nitrogens with zero attached hydrogens (tertiary/aromatic N) is 2.